The maximum absolute atomic E-state index is 4.63. The van der Waals surface area contributed by atoms with Crippen LogP contribution >= 0.6 is 0 Å². The van der Waals surface area contributed by atoms with Gasteiger partial charge in [0.15, 0.2) is 0 Å². The lowest BCUT2D eigenvalue weighted by molar-refractivity contribution is 0.441. The van der Waals surface area contributed by atoms with Crippen LogP contribution in [0.5, 0.6) is 0 Å². The molecule has 1 aromatic rings. The highest BCUT2D eigenvalue weighted by atomic mass is 14.9. The maximum Gasteiger partial charge on any atom is 0.125 e. The lowest BCUT2D eigenvalue weighted by Crippen LogP contribution is -2.33. The Morgan fingerprint density at radius 3 is 2.50 bits per heavy atom. The molecule has 1 N–H and O–H groups in total. The molecule has 0 bridgehead atoms. The Morgan fingerprint density at radius 2 is 1.94 bits per heavy atom. The normalized spacial score (nSPS) is 14.5. The van der Waals surface area contributed by atoms with Crippen LogP contribution in [-0.4, -0.2) is 22.6 Å². The summed E-state index contributed by atoms with van der Waals surface area (Å²) in [4.78, 5) is 9.09. The third-order valence-electron chi connectivity index (χ3n) is 3.41. The van der Waals surface area contributed by atoms with Crippen LogP contribution in [0, 0.1) is 6.92 Å². The van der Waals surface area contributed by atoms with Gasteiger partial charge in [-0.25, -0.2) is 9.97 Å². The van der Waals surface area contributed by atoms with E-state index in [0.29, 0.717) is 12.0 Å². The molecule has 0 aromatic carbocycles. The van der Waals surface area contributed by atoms with E-state index in [2.05, 4.69) is 49.0 Å². The topological polar surface area (TPSA) is 37.8 Å². The fourth-order valence-electron chi connectivity index (χ4n) is 2.36. The van der Waals surface area contributed by atoms with Crippen molar-refractivity contribution in [3.8, 4) is 0 Å². The number of nitrogens with one attached hydrogen (secondary N) is 1. The minimum absolute atomic E-state index is 0.467. The van der Waals surface area contributed by atoms with Gasteiger partial charge in [-0.1, -0.05) is 20.8 Å². The van der Waals surface area contributed by atoms with E-state index >= 15 is 0 Å². The molecule has 0 fully saturated rings. The summed E-state index contributed by atoms with van der Waals surface area (Å²) < 4.78 is 0. The summed E-state index contributed by atoms with van der Waals surface area (Å²) in [5.41, 5.74) is 2.34. The van der Waals surface area contributed by atoms with E-state index in [-0.39, 0.29) is 0 Å². The van der Waals surface area contributed by atoms with Gasteiger partial charge in [0.05, 0.1) is 0 Å². The molecule has 0 aliphatic carbocycles. The van der Waals surface area contributed by atoms with Crippen LogP contribution in [0.2, 0.25) is 0 Å². The first-order valence-electron chi connectivity index (χ1n) is 7.20. The van der Waals surface area contributed by atoms with Crippen LogP contribution in [0.4, 0.5) is 0 Å². The molecular weight excluding hydrogens is 222 g/mol. The zero-order valence-electron chi connectivity index (χ0n) is 12.5. The summed E-state index contributed by atoms with van der Waals surface area (Å²) >= 11 is 0. The van der Waals surface area contributed by atoms with Gasteiger partial charge in [-0.05, 0) is 45.7 Å². The summed E-state index contributed by atoms with van der Waals surface area (Å²) in [6.45, 7) is 11.9. The van der Waals surface area contributed by atoms with Crippen molar-refractivity contribution in [1.29, 1.82) is 0 Å². The number of aryl methyl sites for hydroxylation is 2. The second kappa shape index (κ2) is 7.47. The molecule has 1 rings (SSSR count). The average molecular weight is 249 g/mol. The van der Waals surface area contributed by atoms with E-state index in [9.17, 15) is 0 Å². The van der Waals surface area contributed by atoms with Crippen LogP contribution in [0.15, 0.2) is 6.07 Å². The molecular formula is C15H27N3. The Hall–Kier alpha value is -0.960. The van der Waals surface area contributed by atoms with Crippen molar-refractivity contribution in [1.82, 2.24) is 15.3 Å². The summed E-state index contributed by atoms with van der Waals surface area (Å²) in [5, 5.41) is 3.58. The molecule has 2 unspecified atom stereocenters. The molecule has 102 valence electrons. The van der Waals surface area contributed by atoms with Gasteiger partial charge in [-0.15, -0.1) is 0 Å². The number of aromatic nitrogens is 2. The smallest absolute Gasteiger partial charge is 0.125 e. The van der Waals surface area contributed by atoms with E-state index in [1.54, 1.807) is 0 Å². The van der Waals surface area contributed by atoms with Crippen LogP contribution in [-0.2, 0) is 6.42 Å². The molecule has 1 heterocycles. The van der Waals surface area contributed by atoms with E-state index in [1.807, 2.05) is 6.92 Å². The van der Waals surface area contributed by atoms with Gasteiger partial charge < -0.3 is 5.32 Å². The number of nitrogens with zero attached hydrogens (tertiary/aromatic N) is 2. The third kappa shape index (κ3) is 4.05. The Kier molecular flexibility index (Phi) is 6.27. The van der Waals surface area contributed by atoms with E-state index in [4.69, 9.17) is 0 Å². The van der Waals surface area contributed by atoms with Gasteiger partial charge in [-0.2, -0.15) is 0 Å². The second-order valence-electron chi connectivity index (χ2n) is 4.94. The molecule has 0 amide bonds. The van der Waals surface area contributed by atoms with Crippen LogP contribution in [0.3, 0.4) is 0 Å². The van der Waals surface area contributed by atoms with Crippen molar-refractivity contribution < 1.29 is 0 Å². The molecule has 18 heavy (non-hydrogen) atoms. The molecule has 3 nitrogen and oxygen atoms in total. The van der Waals surface area contributed by atoms with Crippen molar-refractivity contribution in [2.75, 3.05) is 6.54 Å². The molecule has 0 aliphatic heterocycles. The van der Waals surface area contributed by atoms with Gasteiger partial charge in [0.25, 0.3) is 0 Å². The third-order valence-corrected chi connectivity index (χ3v) is 3.41. The molecule has 0 saturated heterocycles. The Labute approximate surface area is 111 Å². The SMILES string of the molecule is CCCNC(C)C(CC)c1cc(CC)nc(C)n1. The fourth-order valence-corrected chi connectivity index (χ4v) is 2.36. The van der Waals surface area contributed by atoms with Crippen LogP contribution < -0.4 is 5.32 Å². The Balaban J connectivity index is 2.89. The van der Waals surface area contributed by atoms with Crippen molar-refractivity contribution >= 4 is 0 Å². The van der Waals surface area contributed by atoms with Gasteiger partial charge in [-0.3, -0.25) is 0 Å². The van der Waals surface area contributed by atoms with Gasteiger partial charge in [0.2, 0.25) is 0 Å². The quantitative estimate of drug-likeness (QED) is 0.806. The summed E-state index contributed by atoms with van der Waals surface area (Å²) in [6.07, 6.45) is 3.25. The van der Waals surface area contributed by atoms with Crippen molar-refractivity contribution in [2.45, 2.75) is 65.8 Å². The largest absolute Gasteiger partial charge is 0.314 e. The molecule has 0 spiro atoms. The summed E-state index contributed by atoms with van der Waals surface area (Å²) in [5.74, 6) is 1.37. The number of hydrogen-bond donors (Lipinski definition) is 1. The molecule has 1 aromatic heterocycles. The highest BCUT2D eigenvalue weighted by molar-refractivity contribution is 5.16. The lowest BCUT2D eigenvalue weighted by Gasteiger charge is -2.24. The Morgan fingerprint density at radius 1 is 1.22 bits per heavy atom. The van der Waals surface area contributed by atoms with E-state index in [0.717, 1.165) is 30.9 Å². The number of hydrogen-bond acceptors (Lipinski definition) is 3. The molecule has 0 aliphatic rings. The first kappa shape index (κ1) is 15.1. The highest BCUT2D eigenvalue weighted by Crippen LogP contribution is 2.22. The zero-order chi connectivity index (χ0) is 13.5. The van der Waals surface area contributed by atoms with E-state index in [1.165, 1.54) is 12.1 Å². The predicted molar refractivity (Wildman–Crippen MR) is 76.9 cm³/mol. The minimum atomic E-state index is 0.467. The minimum Gasteiger partial charge on any atom is -0.314 e. The fraction of sp³-hybridized carbons (Fsp3) is 0.733. The molecule has 0 radical (unpaired) electrons. The zero-order valence-corrected chi connectivity index (χ0v) is 12.5. The van der Waals surface area contributed by atoms with Crippen molar-refractivity contribution in [3.05, 3.63) is 23.3 Å². The van der Waals surface area contributed by atoms with Crippen molar-refractivity contribution in [3.63, 3.8) is 0 Å². The average Bonchev–Trinajstić information content (AvgIpc) is 2.36. The van der Waals surface area contributed by atoms with Gasteiger partial charge in [0.1, 0.15) is 5.82 Å². The molecule has 0 saturated carbocycles. The Bertz CT molecular complexity index is 363. The van der Waals surface area contributed by atoms with Crippen LogP contribution in [0.25, 0.3) is 0 Å². The van der Waals surface area contributed by atoms with Crippen molar-refractivity contribution in [2.24, 2.45) is 0 Å². The van der Waals surface area contributed by atoms with Crippen LogP contribution in [0.1, 0.15) is 63.7 Å². The number of rotatable bonds is 7. The highest BCUT2D eigenvalue weighted by Gasteiger charge is 2.19. The summed E-state index contributed by atoms with van der Waals surface area (Å²) in [6, 6.07) is 2.64. The first-order valence-corrected chi connectivity index (χ1v) is 7.20. The van der Waals surface area contributed by atoms with E-state index < -0.39 is 0 Å². The first-order chi connectivity index (χ1) is 8.62. The van der Waals surface area contributed by atoms with Gasteiger partial charge in [0, 0.05) is 23.3 Å². The maximum atomic E-state index is 4.63. The second-order valence-corrected chi connectivity index (χ2v) is 4.94. The molecule has 3 heteroatoms. The molecule has 2 atom stereocenters. The van der Waals surface area contributed by atoms with Gasteiger partial charge >= 0.3 is 0 Å². The predicted octanol–water partition coefficient (Wildman–Crippen LogP) is 3.23. The monoisotopic (exact) mass is 249 g/mol. The lowest BCUT2D eigenvalue weighted by atomic mass is 9.93. The summed E-state index contributed by atoms with van der Waals surface area (Å²) in [7, 11) is 0. The standard InChI is InChI=1S/C15H27N3/c1-6-9-16-11(4)14(8-3)15-10-13(7-2)17-12(5)18-15/h10-11,14,16H,6-9H2,1-5H3.